The van der Waals surface area contributed by atoms with Gasteiger partial charge in [-0.3, -0.25) is 5.73 Å². The van der Waals surface area contributed by atoms with Gasteiger partial charge in [0, 0.05) is 7.11 Å². The molecule has 0 radical (unpaired) electrons. The first-order valence-electron chi connectivity index (χ1n) is 5.16. The lowest BCUT2D eigenvalue weighted by Crippen LogP contribution is -2.28. The molecule has 0 fully saturated rings. The zero-order chi connectivity index (χ0) is 11.1. The van der Waals surface area contributed by atoms with Crippen molar-refractivity contribution in [2.24, 2.45) is 11.7 Å². The van der Waals surface area contributed by atoms with Crippen molar-refractivity contribution in [3.8, 4) is 0 Å². The fourth-order valence-electron chi connectivity index (χ4n) is 1.40. The minimum Gasteiger partial charge on any atom is -0.343 e. The number of hydrogen-bond acceptors (Lipinski definition) is 3. The molecule has 0 saturated carbocycles. The van der Waals surface area contributed by atoms with Crippen LogP contribution in [0.15, 0.2) is 30.3 Å². The molecule has 0 heterocycles. The molecule has 1 rings (SSSR count). The van der Waals surface area contributed by atoms with Crippen molar-refractivity contribution in [3.05, 3.63) is 35.9 Å². The molecule has 0 aliphatic rings. The Kier molecular flexibility index (Phi) is 5.32. The Morgan fingerprint density at radius 1 is 1.27 bits per heavy atom. The normalized spacial score (nSPS) is 14.9. The molecule has 0 bridgehead atoms. The largest absolute Gasteiger partial charge is 0.343 e. The molecule has 0 aliphatic carbocycles. The van der Waals surface area contributed by atoms with E-state index in [4.69, 9.17) is 15.2 Å². The number of methoxy groups -OCH3 is 1. The summed E-state index contributed by atoms with van der Waals surface area (Å²) in [6, 6.07) is 10.3. The lowest BCUT2D eigenvalue weighted by molar-refractivity contribution is -0.126. The summed E-state index contributed by atoms with van der Waals surface area (Å²) in [5, 5.41) is 0. The summed E-state index contributed by atoms with van der Waals surface area (Å²) in [5.74, 6) is 0.439. The highest BCUT2D eigenvalue weighted by atomic mass is 16.7. The van der Waals surface area contributed by atoms with Crippen LogP contribution < -0.4 is 5.73 Å². The third kappa shape index (κ3) is 4.93. The zero-order valence-electron chi connectivity index (χ0n) is 9.35. The van der Waals surface area contributed by atoms with Crippen molar-refractivity contribution in [2.75, 3.05) is 13.7 Å². The quantitative estimate of drug-likeness (QED) is 0.726. The molecular weight excluding hydrogens is 190 g/mol. The van der Waals surface area contributed by atoms with Crippen molar-refractivity contribution < 1.29 is 9.47 Å². The third-order valence-electron chi connectivity index (χ3n) is 2.20. The molecular formula is C12H19NO2. The fraction of sp³-hybridized carbons (Fsp3) is 0.500. The Balaban J connectivity index is 2.27. The molecule has 84 valence electrons. The van der Waals surface area contributed by atoms with Crippen LogP contribution in [-0.2, 0) is 15.9 Å². The molecule has 3 heteroatoms. The summed E-state index contributed by atoms with van der Waals surface area (Å²) >= 11 is 0. The minimum absolute atomic E-state index is 0.439. The molecule has 0 aromatic heterocycles. The van der Waals surface area contributed by atoms with E-state index in [9.17, 15) is 0 Å². The fourth-order valence-corrected chi connectivity index (χ4v) is 1.40. The van der Waals surface area contributed by atoms with E-state index in [0.717, 1.165) is 6.42 Å². The van der Waals surface area contributed by atoms with Crippen molar-refractivity contribution in [1.29, 1.82) is 0 Å². The smallest absolute Gasteiger partial charge is 0.213 e. The van der Waals surface area contributed by atoms with E-state index in [1.807, 2.05) is 18.2 Å². The molecule has 1 aromatic carbocycles. The Morgan fingerprint density at radius 3 is 2.53 bits per heavy atom. The molecule has 15 heavy (non-hydrogen) atoms. The number of nitrogens with two attached hydrogens (primary N) is 1. The molecule has 0 saturated heterocycles. The molecule has 0 aliphatic heterocycles. The van der Waals surface area contributed by atoms with Crippen LogP contribution in [0, 0.1) is 5.92 Å². The standard InChI is InChI=1S/C12H19NO2/c1-10(9-15-12(13)14-2)8-11-6-4-3-5-7-11/h3-7,10,12H,8-9,13H2,1-2H3/t10-,12?/m0/s1. The average Bonchev–Trinajstić information content (AvgIpc) is 2.27. The van der Waals surface area contributed by atoms with Gasteiger partial charge in [-0.15, -0.1) is 0 Å². The van der Waals surface area contributed by atoms with Crippen molar-refractivity contribution in [1.82, 2.24) is 0 Å². The van der Waals surface area contributed by atoms with Crippen LogP contribution in [0.25, 0.3) is 0 Å². The van der Waals surface area contributed by atoms with Gasteiger partial charge in [-0.2, -0.15) is 0 Å². The topological polar surface area (TPSA) is 44.5 Å². The van der Waals surface area contributed by atoms with Gasteiger partial charge in [-0.25, -0.2) is 0 Å². The van der Waals surface area contributed by atoms with Gasteiger partial charge in [0.1, 0.15) is 0 Å². The summed E-state index contributed by atoms with van der Waals surface area (Å²) < 4.78 is 10.1. The second-order valence-corrected chi connectivity index (χ2v) is 3.73. The predicted octanol–water partition coefficient (Wildman–Crippen LogP) is 1.77. The Labute approximate surface area is 91.2 Å². The average molecular weight is 209 g/mol. The Bertz CT molecular complexity index is 264. The van der Waals surface area contributed by atoms with Crippen LogP contribution in [0.2, 0.25) is 0 Å². The van der Waals surface area contributed by atoms with Gasteiger partial charge in [-0.05, 0) is 17.9 Å². The predicted molar refractivity (Wildman–Crippen MR) is 60.2 cm³/mol. The molecule has 1 unspecified atom stereocenters. The third-order valence-corrected chi connectivity index (χ3v) is 2.20. The van der Waals surface area contributed by atoms with E-state index in [2.05, 4.69) is 19.1 Å². The van der Waals surface area contributed by atoms with Gasteiger partial charge in [0.25, 0.3) is 0 Å². The second-order valence-electron chi connectivity index (χ2n) is 3.73. The summed E-state index contributed by atoms with van der Waals surface area (Å²) in [7, 11) is 1.53. The van der Waals surface area contributed by atoms with Crippen LogP contribution in [0.4, 0.5) is 0 Å². The van der Waals surface area contributed by atoms with Crippen molar-refractivity contribution in [3.63, 3.8) is 0 Å². The maximum atomic E-state index is 5.47. The number of benzene rings is 1. The van der Waals surface area contributed by atoms with Crippen LogP contribution in [0.3, 0.4) is 0 Å². The number of hydrogen-bond donors (Lipinski definition) is 1. The lowest BCUT2D eigenvalue weighted by atomic mass is 10.0. The maximum Gasteiger partial charge on any atom is 0.213 e. The summed E-state index contributed by atoms with van der Waals surface area (Å²) in [5.41, 5.74) is 6.79. The first-order chi connectivity index (χ1) is 7.22. The second kappa shape index (κ2) is 6.56. The van der Waals surface area contributed by atoms with E-state index in [-0.39, 0.29) is 0 Å². The molecule has 3 nitrogen and oxygen atoms in total. The summed E-state index contributed by atoms with van der Waals surface area (Å²) in [6.07, 6.45) is 0.389. The zero-order valence-corrected chi connectivity index (χ0v) is 9.35. The maximum absolute atomic E-state index is 5.47. The lowest BCUT2D eigenvalue weighted by Gasteiger charge is -2.15. The first kappa shape index (κ1) is 12.2. The van der Waals surface area contributed by atoms with Gasteiger partial charge >= 0.3 is 0 Å². The molecule has 0 amide bonds. The van der Waals surface area contributed by atoms with Gasteiger partial charge in [0.2, 0.25) is 6.41 Å². The van der Waals surface area contributed by atoms with Gasteiger partial charge in [0.15, 0.2) is 0 Å². The molecule has 2 N–H and O–H groups in total. The van der Waals surface area contributed by atoms with Crippen LogP contribution in [0.5, 0.6) is 0 Å². The SMILES string of the molecule is COC(N)OC[C@@H](C)Cc1ccccc1. The molecule has 0 spiro atoms. The summed E-state index contributed by atoms with van der Waals surface area (Å²) in [4.78, 5) is 0. The van der Waals surface area contributed by atoms with Crippen LogP contribution in [0.1, 0.15) is 12.5 Å². The highest BCUT2D eigenvalue weighted by Gasteiger charge is 2.06. The van der Waals surface area contributed by atoms with Gasteiger partial charge < -0.3 is 9.47 Å². The van der Waals surface area contributed by atoms with Gasteiger partial charge in [0.05, 0.1) is 6.61 Å². The van der Waals surface area contributed by atoms with Crippen molar-refractivity contribution in [2.45, 2.75) is 19.8 Å². The van der Waals surface area contributed by atoms with E-state index in [0.29, 0.717) is 12.5 Å². The highest BCUT2D eigenvalue weighted by Crippen LogP contribution is 2.08. The van der Waals surface area contributed by atoms with Gasteiger partial charge in [-0.1, -0.05) is 37.3 Å². The Morgan fingerprint density at radius 2 is 1.93 bits per heavy atom. The monoisotopic (exact) mass is 209 g/mol. The highest BCUT2D eigenvalue weighted by molar-refractivity contribution is 5.14. The van der Waals surface area contributed by atoms with Crippen LogP contribution >= 0.6 is 0 Å². The van der Waals surface area contributed by atoms with Crippen molar-refractivity contribution >= 4 is 0 Å². The molecule has 2 atom stereocenters. The van der Waals surface area contributed by atoms with E-state index < -0.39 is 6.41 Å². The van der Waals surface area contributed by atoms with E-state index >= 15 is 0 Å². The summed E-state index contributed by atoms with van der Waals surface area (Å²) in [6.45, 7) is 2.75. The number of rotatable bonds is 6. The van der Waals surface area contributed by atoms with E-state index in [1.54, 1.807) is 0 Å². The van der Waals surface area contributed by atoms with Crippen LogP contribution in [-0.4, -0.2) is 20.1 Å². The van der Waals surface area contributed by atoms with E-state index in [1.165, 1.54) is 12.7 Å². The minimum atomic E-state index is -0.608. The Hall–Kier alpha value is -0.900. The molecule has 1 aromatic rings. The first-order valence-corrected chi connectivity index (χ1v) is 5.16. The number of ether oxygens (including phenoxy) is 2.